The van der Waals surface area contributed by atoms with Crippen LogP contribution in [0.4, 0.5) is 0 Å². The number of aliphatic carboxylic acids is 1. The van der Waals surface area contributed by atoms with Crippen molar-refractivity contribution in [2.24, 2.45) is 5.92 Å². The molecule has 98 valence electrons. The van der Waals surface area contributed by atoms with Crippen molar-refractivity contribution in [3.63, 3.8) is 0 Å². The van der Waals surface area contributed by atoms with Crippen molar-refractivity contribution >= 4 is 5.97 Å². The molecule has 1 aliphatic heterocycles. The van der Waals surface area contributed by atoms with Gasteiger partial charge in [-0.1, -0.05) is 0 Å². The molecule has 5 heteroatoms. The van der Waals surface area contributed by atoms with E-state index in [1.165, 1.54) is 0 Å². The average molecular weight is 243 g/mol. The Hall–Kier alpha value is -0.650. The van der Waals surface area contributed by atoms with E-state index in [2.05, 4.69) is 4.90 Å². The lowest BCUT2D eigenvalue weighted by atomic mass is 9.85. The van der Waals surface area contributed by atoms with Crippen LogP contribution in [0.5, 0.6) is 0 Å². The first-order valence-corrected chi connectivity index (χ1v) is 6.29. The molecule has 0 bridgehead atoms. The summed E-state index contributed by atoms with van der Waals surface area (Å²) in [7, 11) is 1.62. The fourth-order valence-corrected chi connectivity index (χ4v) is 3.00. The molecular weight excluding hydrogens is 222 g/mol. The van der Waals surface area contributed by atoms with Gasteiger partial charge in [-0.15, -0.1) is 0 Å². The summed E-state index contributed by atoms with van der Waals surface area (Å²) < 4.78 is 5.22. The number of aliphatic hydroxyl groups excluding tert-OH is 1. The summed E-state index contributed by atoms with van der Waals surface area (Å²) in [5.41, 5.74) is 0. The number of β-amino-alcohol motifs (C(OH)–C–C–N with tert-alkyl or cyclic N) is 1. The van der Waals surface area contributed by atoms with Crippen LogP contribution < -0.4 is 0 Å². The molecule has 2 rings (SSSR count). The van der Waals surface area contributed by atoms with Gasteiger partial charge in [0.2, 0.25) is 0 Å². The molecule has 1 saturated carbocycles. The second-order valence-electron chi connectivity index (χ2n) is 5.14. The normalized spacial score (nSPS) is 39.4. The van der Waals surface area contributed by atoms with Crippen LogP contribution in [0.1, 0.15) is 25.7 Å². The Morgan fingerprint density at radius 3 is 2.35 bits per heavy atom. The van der Waals surface area contributed by atoms with Crippen LogP contribution in [-0.2, 0) is 9.53 Å². The molecule has 0 amide bonds. The van der Waals surface area contributed by atoms with E-state index in [1.807, 2.05) is 0 Å². The van der Waals surface area contributed by atoms with E-state index >= 15 is 0 Å². The highest BCUT2D eigenvalue weighted by Crippen LogP contribution is 2.30. The van der Waals surface area contributed by atoms with Gasteiger partial charge in [0.05, 0.1) is 18.1 Å². The van der Waals surface area contributed by atoms with Crippen LogP contribution in [0, 0.1) is 5.92 Å². The van der Waals surface area contributed by atoms with Crippen LogP contribution in [0.2, 0.25) is 0 Å². The largest absolute Gasteiger partial charge is 0.481 e. The molecular formula is C12H21NO4. The minimum atomic E-state index is -0.667. The molecule has 1 saturated heterocycles. The number of hydrogen-bond acceptors (Lipinski definition) is 4. The predicted octanol–water partition coefficient (Wildman–Crippen LogP) is 0.321. The fourth-order valence-electron chi connectivity index (χ4n) is 3.00. The molecule has 1 heterocycles. The molecule has 0 aromatic rings. The Bertz CT molecular complexity index is 276. The smallest absolute Gasteiger partial charge is 0.306 e. The third-order valence-corrected chi connectivity index (χ3v) is 4.13. The van der Waals surface area contributed by atoms with Gasteiger partial charge in [-0.05, 0) is 25.7 Å². The Morgan fingerprint density at radius 2 is 1.88 bits per heavy atom. The lowest BCUT2D eigenvalue weighted by Crippen LogP contribution is -2.38. The summed E-state index contributed by atoms with van der Waals surface area (Å²) in [6.07, 6.45) is 2.85. The molecule has 17 heavy (non-hydrogen) atoms. The number of carboxylic acid groups (broad SMARTS) is 1. The zero-order valence-corrected chi connectivity index (χ0v) is 10.2. The van der Waals surface area contributed by atoms with E-state index in [0.29, 0.717) is 12.6 Å². The Morgan fingerprint density at radius 1 is 1.24 bits per heavy atom. The van der Waals surface area contributed by atoms with Gasteiger partial charge in [-0.3, -0.25) is 9.69 Å². The number of carboxylic acids is 1. The van der Waals surface area contributed by atoms with E-state index in [9.17, 15) is 9.90 Å². The van der Waals surface area contributed by atoms with Gasteiger partial charge in [0.1, 0.15) is 0 Å². The minimum Gasteiger partial charge on any atom is -0.481 e. The standard InChI is InChI=1S/C12H21NO4/c1-17-11-7-13(6-10(11)14)9-4-2-8(3-5-9)12(15)16/h8-11,14H,2-7H2,1H3,(H,15,16)/t8?,9?,10-,11+/m0/s1. The molecule has 0 unspecified atom stereocenters. The molecule has 0 aromatic carbocycles. The number of aliphatic hydroxyl groups is 1. The first-order chi connectivity index (χ1) is 8.11. The van der Waals surface area contributed by atoms with Crippen LogP contribution in [-0.4, -0.2) is 59.5 Å². The highest BCUT2D eigenvalue weighted by atomic mass is 16.5. The number of ether oxygens (including phenoxy) is 1. The molecule has 2 N–H and O–H groups in total. The van der Waals surface area contributed by atoms with Gasteiger partial charge in [0.25, 0.3) is 0 Å². The summed E-state index contributed by atoms with van der Waals surface area (Å²) in [6.45, 7) is 1.42. The molecule has 2 atom stereocenters. The van der Waals surface area contributed by atoms with Crippen molar-refractivity contribution in [3.05, 3.63) is 0 Å². The maximum atomic E-state index is 10.9. The number of likely N-dealkylation sites (tertiary alicyclic amines) is 1. The first kappa shape index (κ1) is 12.8. The highest BCUT2D eigenvalue weighted by Gasteiger charge is 2.37. The van der Waals surface area contributed by atoms with Gasteiger partial charge < -0.3 is 14.9 Å². The number of rotatable bonds is 3. The molecule has 1 aliphatic carbocycles. The molecule has 0 aromatic heterocycles. The molecule has 0 spiro atoms. The summed E-state index contributed by atoms with van der Waals surface area (Å²) in [4.78, 5) is 13.1. The average Bonchev–Trinajstić information content (AvgIpc) is 2.70. The number of hydrogen-bond donors (Lipinski definition) is 2. The lowest BCUT2D eigenvalue weighted by Gasteiger charge is -2.33. The molecule has 2 fully saturated rings. The summed E-state index contributed by atoms with van der Waals surface area (Å²) in [5.74, 6) is -0.836. The second kappa shape index (κ2) is 5.33. The van der Waals surface area contributed by atoms with Crippen molar-refractivity contribution in [1.29, 1.82) is 0 Å². The van der Waals surface area contributed by atoms with Gasteiger partial charge in [-0.2, -0.15) is 0 Å². The van der Waals surface area contributed by atoms with E-state index < -0.39 is 12.1 Å². The quantitative estimate of drug-likeness (QED) is 0.747. The fraction of sp³-hybridized carbons (Fsp3) is 0.917. The van der Waals surface area contributed by atoms with E-state index in [-0.39, 0.29) is 12.0 Å². The maximum absolute atomic E-state index is 10.9. The van der Waals surface area contributed by atoms with Crippen LogP contribution in [0.25, 0.3) is 0 Å². The van der Waals surface area contributed by atoms with E-state index in [1.54, 1.807) is 7.11 Å². The Labute approximate surface area is 101 Å². The highest BCUT2D eigenvalue weighted by molar-refractivity contribution is 5.70. The SMILES string of the molecule is CO[C@@H]1CN(C2CCC(C(=O)O)CC2)C[C@@H]1O. The van der Waals surface area contributed by atoms with Gasteiger partial charge in [0, 0.05) is 26.2 Å². The van der Waals surface area contributed by atoms with Crippen molar-refractivity contribution in [2.45, 2.75) is 43.9 Å². The zero-order chi connectivity index (χ0) is 12.4. The van der Waals surface area contributed by atoms with Crippen LogP contribution >= 0.6 is 0 Å². The minimum absolute atomic E-state index is 0.0906. The number of methoxy groups -OCH3 is 1. The summed E-state index contributed by atoms with van der Waals surface area (Å²) >= 11 is 0. The zero-order valence-electron chi connectivity index (χ0n) is 10.2. The topological polar surface area (TPSA) is 70.0 Å². The van der Waals surface area contributed by atoms with E-state index in [0.717, 1.165) is 32.2 Å². The van der Waals surface area contributed by atoms with Gasteiger partial charge in [0.15, 0.2) is 0 Å². The van der Waals surface area contributed by atoms with Gasteiger partial charge >= 0.3 is 5.97 Å². The first-order valence-electron chi connectivity index (χ1n) is 6.29. The van der Waals surface area contributed by atoms with Crippen molar-refractivity contribution < 1.29 is 19.7 Å². The Balaban J connectivity index is 1.84. The lowest BCUT2D eigenvalue weighted by molar-refractivity contribution is -0.143. The second-order valence-corrected chi connectivity index (χ2v) is 5.14. The summed E-state index contributed by atoms with van der Waals surface area (Å²) in [6, 6.07) is 0.417. The van der Waals surface area contributed by atoms with Gasteiger partial charge in [-0.25, -0.2) is 0 Å². The maximum Gasteiger partial charge on any atom is 0.306 e. The van der Waals surface area contributed by atoms with Crippen LogP contribution in [0.15, 0.2) is 0 Å². The number of nitrogens with zero attached hydrogens (tertiary/aromatic N) is 1. The third-order valence-electron chi connectivity index (χ3n) is 4.13. The summed E-state index contributed by atoms with van der Waals surface area (Å²) in [5, 5.41) is 18.7. The predicted molar refractivity (Wildman–Crippen MR) is 61.8 cm³/mol. The van der Waals surface area contributed by atoms with Crippen molar-refractivity contribution in [2.75, 3.05) is 20.2 Å². The molecule has 5 nitrogen and oxygen atoms in total. The van der Waals surface area contributed by atoms with Crippen LogP contribution in [0.3, 0.4) is 0 Å². The molecule has 0 radical (unpaired) electrons. The van der Waals surface area contributed by atoms with Crippen molar-refractivity contribution in [1.82, 2.24) is 4.90 Å². The Kier molecular flexibility index (Phi) is 4.01. The molecule has 2 aliphatic rings. The van der Waals surface area contributed by atoms with E-state index in [4.69, 9.17) is 9.84 Å². The third kappa shape index (κ3) is 2.78. The number of carbonyl (C=O) groups is 1. The van der Waals surface area contributed by atoms with Crippen molar-refractivity contribution in [3.8, 4) is 0 Å². The monoisotopic (exact) mass is 243 g/mol.